The molecule has 0 fully saturated rings. The maximum Gasteiger partial charge on any atom is 0.168 e. The number of Topliss-reactive ketones (excluding diaryl/α,β-unsaturated/α-hetero) is 1. The highest BCUT2D eigenvalue weighted by atomic mass is 79.9. The lowest BCUT2D eigenvalue weighted by Crippen LogP contribution is -2.05. The van der Waals surface area contributed by atoms with Gasteiger partial charge >= 0.3 is 0 Å². The number of benzene rings is 2. The second-order valence-electron chi connectivity index (χ2n) is 3.94. The Morgan fingerprint density at radius 1 is 1.21 bits per heavy atom. The van der Waals surface area contributed by atoms with E-state index in [0.29, 0.717) is 20.6 Å². The first-order valence-electron chi connectivity index (χ1n) is 5.40. The molecule has 0 unspecified atom stereocenters. The molecule has 0 aliphatic heterocycles. The Balaban J connectivity index is 2.28. The van der Waals surface area contributed by atoms with Crippen molar-refractivity contribution >= 4 is 44.9 Å². The normalized spacial score (nSPS) is 10.5. The third-order valence-corrected chi connectivity index (χ3v) is 4.27. The van der Waals surface area contributed by atoms with Gasteiger partial charge in [-0.05, 0) is 45.8 Å². The lowest BCUT2D eigenvalue weighted by atomic mass is 10.0. The van der Waals surface area contributed by atoms with Crippen LogP contribution in [0, 0.1) is 5.82 Å². The summed E-state index contributed by atoms with van der Waals surface area (Å²) in [4.78, 5) is 12.2. The molecular weight excluding hydrogens is 354 g/mol. The third-order valence-electron chi connectivity index (χ3n) is 2.62. The standard InChI is InChI=1S/C14H8BrCl2FO/c15-11-3-1-2-10(14(11)17)13(19)6-8-4-5-9(18)7-12(8)16/h1-5,7H,6H2. The predicted molar refractivity (Wildman–Crippen MR) is 78.6 cm³/mol. The number of halogens is 4. The zero-order chi connectivity index (χ0) is 14.0. The SMILES string of the molecule is O=C(Cc1ccc(F)cc1Cl)c1cccc(Br)c1Cl. The first kappa shape index (κ1) is 14.5. The molecule has 0 aliphatic rings. The Morgan fingerprint density at radius 3 is 2.63 bits per heavy atom. The molecule has 0 aliphatic carbocycles. The number of hydrogen-bond acceptors (Lipinski definition) is 1. The average Bonchev–Trinajstić information content (AvgIpc) is 2.36. The fourth-order valence-corrected chi connectivity index (χ4v) is 2.48. The third kappa shape index (κ3) is 3.35. The topological polar surface area (TPSA) is 17.1 Å². The Bertz CT molecular complexity index is 643. The Kier molecular flexibility index (Phi) is 4.61. The van der Waals surface area contributed by atoms with Crippen LogP contribution < -0.4 is 0 Å². The zero-order valence-corrected chi connectivity index (χ0v) is 12.7. The maximum absolute atomic E-state index is 12.9. The lowest BCUT2D eigenvalue weighted by molar-refractivity contribution is 0.0993. The molecule has 0 aromatic heterocycles. The van der Waals surface area contributed by atoms with Crippen molar-refractivity contribution in [1.82, 2.24) is 0 Å². The smallest absolute Gasteiger partial charge is 0.168 e. The van der Waals surface area contributed by atoms with Gasteiger partial charge in [0.15, 0.2) is 5.78 Å². The minimum Gasteiger partial charge on any atom is -0.294 e. The van der Waals surface area contributed by atoms with Gasteiger partial charge in [-0.2, -0.15) is 0 Å². The van der Waals surface area contributed by atoms with Crippen LogP contribution in [0.25, 0.3) is 0 Å². The van der Waals surface area contributed by atoms with Gasteiger partial charge in [0.25, 0.3) is 0 Å². The molecule has 19 heavy (non-hydrogen) atoms. The van der Waals surface area contributed by atoms with Crippen LogP contribution in [0.5, 0.6) is 0 Å². The zero-order valence-electron chi connectivity index (χ0n) is 9.59. The molecule has 0 bridgehead atoms. The van der Waals surface area contributed by atoms with Crippen molar-refractivity contribution in [2.45, 2.75) is 6.42 Å². The lowest BCUT2D eigenvalue weighted by Gasteiger charge is -2.06. The molecule has 0 radical (unpaired) electrons. The van der Waals surface area contributed by atoms with Gasteiger partial charge in [-0.1, -0.05) is 35.3 Å². The van der Waals surface area contributed by atoms with Gasteiger partial charge in [0.05, 0.1) is 5.02 Å². The van der Waals surface area contributed by atoms with Crippen molar-refractivity contribution in [3.05, 3.63) is 67.9 Å². The van der Waals surface area contributed by atoms with E-state index >= 15 is 0 Å². The Labute approximate surface area is 128 Å². The van der Waals surface area contributed by atoms with Crippen LogP contribution in [-0.4, -0.2) is 5.78 Å². The van der Waals surface area contributed by atoms with Crippen LogP contribution in [-0.2, 0) is 6.42 Å². The molecule has 2 aromatic carbocycles. The highest BCUT2D eigenvalue weighted by molar-refractivity contribution is 9.10. The van der Waals surface area contributed by atoms with Crippen LogP contribution in [0.3, 0.4) is 0 Å². The molecule has 0 amide bonds. The van der Waals surface area contributed by atoms with E-state index in [4.69, 9.17) is 23.2 Å². The largest absolute Gasteiger partial charge is 0.294 e. The summed E-state index contributed by atoms with van der Waals surface area (Å²) < 4.78 is 13.6. The minimum atomic E-state index is -0.429. The molecule has 98 valence electrons. The summed E-state index contributed by atoms with van der Waals surface area (Å²) >= 11 is 15.2. The van der Waals surface area contributed by atoms with Gasteiger partial charge in [0.1, 0.15) is 5.82 Å². The molecule has 0 N–H and O–H groups in total. The highest BCUT2D eigenvalue weighted by Gasteiger charge is 2.14. The van der Waals surface area contributed by atoms with E-state index in [1.54, 1.807) is 18.2 Å². The molecule has 1 nitrogen and oxygen atoms in total. The molecule has 5 heteroatoms. The summed E-state index contributed by atoms with van der Waals surface area (Å²) in [6, 6.07) is 9.09. The number of ketones is 1. The quantitative estimate of drug-likeness (QED) is 0.676. The van der Waals surface area contributed by atoms with Gasteiger partial charge < -0.3 is 0 Å². The van der Waals surface area contributed by atoms with E-state index in [-0.39, 0.29) is 17.2 Å². The second-order valence-corrected chi connectivity index (χ2v) is 5.58. The summed E-state index contributed by atoms with van der Waals surface area (Å²) in [5, 5.41) is 0.602. The van der Waals surface area contributed by atoms with Gasteiger partial charge in [0, 0.05) is 21.5 Å². The molecule has 2 aromatic rings. The van der Waals surface area contributed by atoms with E-state index in [1.807, 2.05) is 0 Å². The van der Waals surface area contributed by atoms with E-state index in [1.165, 1.54) is 18.2 Å². The molecular formula is C14H8BrCl2FO. The molecule has 0 heterocycles. The predicted octanol–water partition coefficient (Wildman–Crippen LogP) is 5.32. The van der Waals surface area contributed by atoms with Gasteiger partial charge in [-0.15, -0.1) is 0 Å². The van der Waals surface area contributed by atoms with Crippen molar-refractivity contribution < 1.29 is 9.18 Å². The van der Waals surface area contributed by atoms with E-state index in [0.717, 1.165) is 0 Å². The first-order chi connectivity index (χ1) is 8.99. The summed E-state index contributed by atoms with van der Waals surface area (Å²) in [6.07, 6.45) is 0.0787. The van der Waals surface area contributed by atoms with E-state index in [9.17, 15) is 9.18 Å². The van der Waals surface area contributed by atoms with Crippen LogP contribution in [0.2, 0.25) is 10.0 Å². The van der Waals surface area contributed by atoms with Crippen molar-refractivity contribution in [3.8, 4) is 0 Å². The molecule has 0 spiro atoms. The number of carbonyl (C=O) groups is 1. The summed E-state index contributed by atoms with van der Waals surface area (Å²) in [5.74, 6) is -0.596. The van der Waals surface area contributed by atoms with Crippen molar-refractivity contribution in [2.75, 3.05) is 0 Å². The summed E-state index contributed by atoms with van der Waals surface area (Å²) in [6.45, 7) is 0. The summed E-state index contributed by atoms with van der Waals surface area (Å²) in [5.41, 5.74) is 0.987. The Hall–Kier alpha value is -0.900. The fraction of sp³-hybridized carbons (Fsp3) is 0.0714. The Morgan fingerprint density at radius 2 is 1.95 bits per heavy atom. The second kappa shape index (κ2) is 6.04. The van der Waals surface area contributed by atoms with Crippen LogP contribution in [0.4, 0.5) is 4.39 Å². The van der Waals surface area contributed by atoms with Crippen LogP contribution in [0.15, 0.2) is 40.9 Å². The van der Waals surface area contributed by atoms with E-state index in [2.05, 4.69) is 15.9 Å². The first-order valence-corrected chi connectivity index (χ1v) is 6.95. The van der Waals surface area contributed by atoms with Gasteiger partial charge in [-0.25, -0.2) is 4.39 Å². The summed E-state index contributed by atoms with van der Waals surface area (Å²) in [7, 11) is 0. The van der Waals surface area contributed by atoms with Gasteiger partial charge in [0.2, 0.25) is 0 Å². The minimum absolute atomic E-state index is 0.0787. The van der Waals surface area contributed by atoms with Crippen LogP contribution >= 0.6 is 39.1 Å². The van der Waals surface area contributed by atoms with Crippen molar-refractivity contribution in [1.29, 1.82) is 0 Å². The maximum atomic E-state index is 12.9. The molecule has 0 saturated carbocycles. The number of rotatable bonds is 3. The van der Waals surface area contributed by atoms with Gasteiger partial charge in [-0.3, -0.25) is 4.79 Å². The molecule has 2 rings (SSSR count). The number of carbonyl (C=O) groups excluding carboxylic acids is 1. The van der Waals surface area contributed by atoms with Crippen molar-refractivity contribution in [2.24, 2.45) is 0 Å². The fourth-order valence-electron chi connectivity index (χ4n) is 1.65. The number of hydrogen-bond donors (Lipinski definition) is 0. The molecule has 0 saturated heterocycles. The average molecular weight is 362 g/mol. The molecule has 0 atom stereocenters. The van der Waals surface area contributed by atoms with Crippen LogP contribution in [0.1, 0.15) is 15.9 Å². The monoisotopic (exact) mass is 360 g/mol. The van der Waals surface area contributed by atoms with E-state index < -0.39 is 5.82 Å². The van der Waals surface area contributed by atoms with Crippen molar-refractivity contribution in [3.63, 3.8) is 0 Å². The highest BCUT2D eigenvalue weighted by Crippen LogP contribution is 2.28.